The molecule has 0 bridgehead atoms. The number of primary amides is 1. The highest BCUT2D eigenvalue weighted by atomic mass is 16.5. The van der Waals surface area contributed by atoms with Crippen molar-refractivity contribution in [3.63, 3.8) is 0 Å². The highest BCUT2D eigenvalue weighted by molar-refractivity contribution is 5.91. The summed E-state index contributed by atoms with van der Waals surface area (Å²) in [6, 6.07) is 10.6. The van der Waals surface area contributed by atoms with Crippen LogP contribution in [0.2, 0.25) is 0 Å². The highest BCUT2D eigenvalue weighted by Crippen LogP contribution is 2.31. The topological polar surface area (TPSA) is 104 Å². The Balaban J connectivity index is 2.11. The van der Waals surface area contributed by atoms with Crippen LogP contribution in [-0.2, 0) is 0 Å². The number of aromatic nitrogens is 3. The van der Waals surface area contributed by atoms with Gasteiger partial charge in [0.25, 0.3) is 5.91 Å². The van der Waals surface area contributed by atoms with Crippen molar-refractivity contribution in [2.75, 3.05) is 7.11 Å². The van der Waals surface area contributed by atoms with E-state index in [4.69, 9.17) is 14.9 Å². The molecule has 7 nitrogen and oxygen atoms in total. The van der Waals surface area contributed by atoms with Gasteiger partial charge in [0, 0.05) is 18.1 Å². The predicted molar refractivity (Wildman–Crippen MR) is 82.8 cm³/mol. The van der Waals surface area contributed by atoms with E-state index in [1.807, 2.05) is 24.3 Å². The molecule has 0 aliphatic carbocycles. The van der Waals surface area contributed by atoms with E-state index >= 15 is 0 Å². The molecule has 0 saturated carbocycles. The maximum Gasteiger partial charge on any atom is 0.267 e. The van der Waals surface area contributed by atoms with Gasteiger partial charge in [0.05, 0.1) is 7.11 Å². The molecule has 3 aromatic rings. The molecule has 1 aromatic carbocycles. The average molecular weight is 310 g/mol. The lowest BCUT2D eigenvalue weighted by atomic mass is 10.1. The molecule has 2 N–H and O–H groups in total. The number of nitrogens with zero attached hydrogens (tertiary/aromatic N) is 3. The standard InChI is InChI=1S/C16H14N4O3/c1-9-19-20-16(23-9)11-5-3-4-10(8-11)14-13(22-2)7-6-12(18-14)15(17)21/h3-8H,1-2H3,(H2,17,21). The summed E-state index contributed by atoms with van der Waals surface area (Å²) < 4.78 is 10.7. The smallest absolute Gasteiger partial charge is 0.267 e. The first-order valence-corrected chi connectivity index (χ1v) is 6.84. The lowest BCUT2D eigenvalue weighted by Gasteiger charge is -2.09. The SMILES string of the molecule is COc1ccc(C(N)=O)nc1-c1cccc(-c2nnc(C)o2)c1. The maximum atomic E-state index is 11.4. The van der Waals surface area contributed by atoms with Gasteiger partial charge in [0.1, 0.15) is 17.1 Å². The molecule has 0 aliphatic rings. The maximum absolute atomic E-state index is 11.4. The number of carbonyl (C=O) groups is 1. The molecule has 7 heteroatoms. The van der Waals surface area contributed by atoms with Gasteiger partial charge in [0.2, 0.25) is 11.8 Å². The van der Waals surface area contributed by atoms with Crippen LogP contribution in [0.15, 0.2) is 40.8 Å². The minimum absolute atomic E-state index is 0.167. The molecule has 1 amide bonds. The number of ether oxygens (including phenoxy) is 1. The molecule has 0 atom stereocenters. The summed E-state index contributed by atoms with van der Waals surface area (Å²) in [5, 5.41) is 7.82. The monoisotopic (exact) mass is 310 g/mol. The Labute approximate surface area is 132 Å². The summed E-state index contributed by atoms with van der Waals surface area (Å²) in [7, 11) is 1.54. The summed E-state index contributed by atoms with van der Waals surface area (Å²) in [5.41, 5.74) is 7.48. The van der Waals surface area contributed by atoms with Crippen LogP contribution in [0.3, 0.4) is 0 Å². The normalized spacial score (nSPS) is 10.5. The molecule has 23 heavy (non-hydrogen) atoms. The van der Waals surface area contributed by atoms with Gasteiger partial charge in [-0.3, -0.25) is 4.79 Å². The third-order valence-corrected chi connectivity index (χ3v) is 3.24. The predicted octanol–water partition coefficient (Wildman–Crippen LogP) is 2.21. The number of rotatable bonds is 4. The van der Waals surface area contributed by atoms with Crippen LogP contribution in [0.1, 0.15) is 16.4 Å². The van der Waals surface area contributed by atoms with Gasteiger partial charge in [-0.1, -0.05) is 12.1 Å². The fraction of sp³-hybridized carbons (Fsp3) is 0.125. The van der Waals surface area contributed by atoms with Crippen LogP contribution in [0, 0.1) is 6.92 Å². The van der Waals surface area contributed by atoms with Crippen molar-refractivity contribution in [3.8, 4) is 28.5 Å². The Morgan fingerprint density at radius 3 is 2.61 bits per heavy atom. The van der Waals surface area contributed by atoms with E-state index in [1.54, 1.807) is 13.0 Å². The van der Waals surface area contributed by atoms with Crippen LogP contribution >= 0.6 is 0 Å². The van der Waals surface area contributed by atoms with Crippen LogP contribution in [0.4, 0.5) is 0 Å². The van der Waals surface area contributed by atoms with Crippen LogP contribution in [0.5, 0.6) is 5.75 Å². The fourth-order valence-corrected chi connectivity index (χ4v) is 2.17. The van der Waals surface area contributed by atoms with E-state index in [9.17, 15) is 4.79 Å². The molecular formula is C16H14N4O3. The number of hydrogen-bond donors (Lipinski definition) is 1. The van der Waals surface area contributed by atoms with Gasteiger partial charge in [-0.25, -0.2) is 4.98 Å². The van der Waals surface area contributed by atoms with Crippen molar-refractivity contribution in [2.45, 2.75) is 6.92 Å². The van der Waals surface area contributed by atoms with Gasteiger partial charge >= 0.3 is 0 Å². The van der Waals surface area contributed by atoms with Crippen molar-refractivity contribution in [3.05, 3.63) is 48.0 Å². The molecule has 2 aromatic heterocycles. The second kappa shape index (κ2) is 5.88. The molecule has 0 spiro atoms. The second-order valence-corrected chi connectivity index (χ2v) is 4.82. The van der Waals surface area contributed by atoms with Gasteiger partial charge in [-0.15, -0.1) is 10.2 Å². The lowest BCUT2D eigenvalue weighted by molar-refractivity contribution is 0.0995. The minimum Gasteiger partial charge on any atom is -0.494 e. The zero-order valence-electron chi connectivity index (χ0n) is 12.6. The number of carbonyl (C=O) groups excluding carboxylic acids is 1. The van der Waals surface area contributed by atoms with Crippen molar-refractivity contribution >= 4 is 5.91 Å². The molecule has 0 unspecified atom stereocenters. The third kappa shape index (κ3) is 2.89. The number of amides is 1. The number of benzene rings is 1. The fourth-order valence-electron chi connectivity index (χ4n) is 2.17. The van der Waals surface area contributed by atoms with Crippen LogP contribution in [0.25, 0.3) is 22.7 Å². The molecule has 116 valence electrons. The molecule has 0 radical (unpaired) electrons. The Hall–Kier alpha value is -3.22. The van der Waals surface area contributed by atoms with Gasteiger partial charge in [-0.2, -0.15) is 0 Å². The van der Waals surface area contributed by atoms with Crippen molar-refractivity contribution in [1.29, 1.82) is 0 Å². The Kier molecular flexibility index (Phi) is 3.76. The van der Waals surface area contributed by atoms with Crippen molar-refractivity contribution in [2.24, 2.45) is 5.73 Å². The van der Waals surface area contributed by atoms with Crippen molar-refractivity contribution in [1.82, 2.24) is 15.2 Å². The number of nitrogens with two attached hydrogens (primary N) is 1. The molecular weight excluding hydrogens is 296 g/mol. The summed E-state index contributed by atoms with van der Waals surface area (Å²) in [4.78, 5) is 15.6. The van der Waals surface area contributed by atoms with Crippen molar-refractivity contribution < 1.29 is 13.9 Å². The van der Waals surface area contributed by atoms with Gasteiger partial charge in [0.15, 0.2) is 0 Å². The average Bonchev–Trinajstić information content (AvgIpc) is 3.01. The Morgan fingerprint density at radius 1 is 1.17 bits per heavy atom. The van der Waals surface area contributed by atoms with E-state index in [2.05, 4.69) is 15.2 Å². The number of aryl methyl sites for hydroxylation is 1. The third-order valence-electron chi connectivity index (χ3n) is 3.24. The van der Waals surface area contributed by atoms with E-state index in [0.717, 1.165) is 11.1 Å². The summed E-state index contributed by atoms with van der Waals surface area (Å²) in [5.74, 6) is 0.831. The lowest BCUT2D eigenvalue weighted by Crippen LogP contribution is -2.13. The van der Waals surface area contributed by atoms with E-state index < -0.39 is 5.91 Å². The molecule has 0 aliphatic heterocycles. The summed E-state index contributed by atoms with van der Waals surface area (Å²) in [6.45, 7) is 1.72. The molecule has 0 saturated heterocycles. The minimum atomic E-state index is -0.599. The first kappa shape index (κ1) is 14.7. The first-order valence-electron chi connectivity index (χ1n) is 6.84. The number of pyridine rings is 1. The van der Waals surface area contributed by atoms with E-state index in [-0.39, 0.29) is 5.69 Å². The van der Waals surface area contributed by atoms with Gasteiger partial charge in [-0.05, 0) is 24.3 Å². The quantitative estimate of drug-likeness (QED) is 0.792. The Bertz CT molecular complexity index is 873. The highest BCUT2D eigenvalue weighted by Gasteiger charge is 2.14. The zero-order chi connectivity index (χ0) is 16.4. The summed E-state index contributed by atoms with van der Waals surface area (Å²) in [6.07, 6.45) is 0. The van der Waals surface area contributed by atoms with E-state index in [1.165, 1.54) is 13.2 Å². The van der Waals surface area contributed by atoms with Gasteiger partial charge < -0.3 is 14.9 Å². The molecule has 2 heterocycles. The largest absolute Gasteiger partial charge is 0.494 e. The molecule has 0 fully saturated rings. The van der Waals surface area contributed by atoms with Crippen LogP contribution in [-0.4, -0.2) is 28.2 Å². The van der Waals surface area contributed by atoms with E-state index in [0.29, 0.717) is 23.2 Å². The number of hydrogen-bond acceptors (Lipinski definition) is 6. The molecule has 3 rings (SSSR count). The Morgan fingerprint density at radius 2 is 1.96 bits per heavy atom. The second-order valence-electron chi connectivity index (χ2n) is 4.82. The van der Waals surface area contributed by atoms with Crippen LogP contribution < -0.4 is 10.5 Å². The summed E-state index contributed by atoms with van der Waals surface area (Å²) >= 11 is 0. The first-order chi connectivity index (χ1) is 11.1. The number of methoxy groups -OCH3 is 1. The zero-order valence-corrected chi connectivity index (χ0v) is 12.6.